The number of aromatic hydroxyl groups is 1. The monoisotopic (exact) mass is 268 g/mol. The van der Waals surface area contributed by atoms with Crippen molar-refractivity contribution in [3.63, 3.8) is 0 Å². The van der Waals surface area contributed by atoms with Crippen LogP contribution in [0.15, 0.2) is 16.2 Å². The van der Waals surface area contributed by atoms with Crippen molar-refractivity contribution >= 4 is 33.4 Å². The zero-order chi connectivity index (χ0) is 13.3. The summed E-state index contributed by atoms with van der Waals surface area (Å²) in [5, 5.41) is 21.9. The van der Waals surface area contributed by atoms with Crippen LogP contribution < -0.4 is 10.9 Å². The first kappa shape index (κ1) is 12.1. The van der Waals surface area contributed by atoms with Crippen LogP contribution in [-0.4, -0.2) is 33.6 Å². The fraction of sp³-hybridized carbons (Fsp3) is 0.100. The highest BCUT2D eigenvalue weighted by Crippen LogP contribution is 2.29. The second kappa shape index (κ2) is 4.49. The van der Waals surface area contributed by atoms with E-state index < -0.39 is 35.3 Å². The fourth-order valence-electron chi connectivity index (χ4n) is 1.45. The molecule has 2 heterocycles. The molecule has 0 atom stereocenters. The lowest BCUT2D eigenvalue weighted by Crippen LogP contribution is -2.33. The molecule has 1 amide bonds. The summed E-state index contributed by atoms with van der Waals surface area (Å²) in [4.78, 5) is 36.0. The smallest absolute Gasteiger partial charge is 0.322 e. The number of aromatic amines is 1. The molecule has 94 valence electrons. The van der Waals surface area contributed by atoms with Crippen molar-refractivity contribution in [1.29, 1.82) is 0 Å². The van der Waals surface area contributed by atoms with Crippen molar-refractivity contribution in [1.82, 2.24) is 10.3 Å². The largest absolute Gasteiger partial charge is 0.505 e. The van der Waals surface area contributed by atoms with E-state index in [1.807, 2.05) is 5.32 Å². The van der Waals surface area contributed by atoms with Gasteiger partial charge in [-0.3, -0.25) is 14.4 Å². The molecule has 0 bridgehead atoms. The minimum Gasteiger partial charge on any atom is -0.505 e. The van der Waals surface area contributed by atoms with Gasteiger partial charge in [-0.1, -0.05) is 0 Å². The number of hydrogen-bond acceptors (Lipinski definition) is 5. The topological polar surface area (TPSA) is 119 Å². The van der Waals surface area contributed by atoms with Crippen molar-refractivity contribution in [3.05, 3.63) is 27.4 Å². The Morgan fingerprint density at radius 2 is 2.17 bits per heavy atom. The quantitative estimate of drug-likeness (QED) is 0.629. The maximum atomic E-state index is 11.6. The molecule has 18 heavy (non-hydrogen) atoms. The highest BCUT2D eigenvalue weighted by atomic mass is 32.1. The molecule has 0 aromatic carbocycles. The normalized spacial score (nSPS) is 10.4. The molecule has 2 aromatic heterocycles. The molecule has 0 aliphatic rings. The summed E-state index contributed by atoms with van der Waals surface area (Å²) in [5.74, 6) is -2.60. The molecule has 0 radical (unpaired) electrons. The van der Waals surface area contributed by atoms with Crippen molar-refractivity contribution in [2.75, 3.05) is 6.54 Å². The Kier molecular flexibility index (Phi) is 3.02. The van der Waals surface area contributed by atoms with Crippen LogP contribution in [-0.2, 0) is 4.79 Å². The molecule has 4 N–H and O–H groups in total. The molecule has 0 aliphatic heterocycles. The maximum Gasteiger partial charge on any atom is 0.322 e. The van der Waals surface area contributed by atoms with Gasteiger partial charge in [-0.2, -0.15) is 0 Å². The summed E-state index contributed by atoms with van der Waals surface area (Å²) in [7, 11) is 0. The predicted molar refractivity (Wildman–Crippen MR) is 64.1 cm³/mol. The van der Waals surface area contributed by atoms with E-state index in [1.54, 1.807) is 11.4 Å². The second-order valence-electron chi connectivity index (χ2n) is 3.42. The first-order chi connectivity index (χ1) is 8.50. The first-order valence-corrected chi connectivity index (χ1v) is 5.71. The van der Waals surface area contributed by atoms with E-state index in [2.05, 4.69) is 4.98 Å². The number of rotatable bonds is 3. The number of aliphatic carboxylic acids is 1. The fourth-order valence-corrected chi connectivity index (χ4v) is 2.25. The van der Waals surface area contributed by atoms with Gasteiger partial charge >= 0.3 is 5.97 Å². The Labute approximate surface area is 104 Å². The van der Waals surface area contributed by atoms with E-state index in [0.29, 0.717) is 10.2 Å². The number of H-pyrrole nitrogens is 1. The Morgan fingerprint density at radius 3 is 2.83 bits per heavy atom. The van der Waals surface area contributed by atoms with Crippen LogP contribution in [0.1, 0.15) is 10.4 Å². The van der Waals surface area contributed by atoms with E-state index in [0.717, 1.165) is 11.3 Å². The van der Waals surface area contributed by atoms with Crippen LogP contribution in [0.25, 0.3) is 10.2 Å². The van der Waals surface area contributed by atoms with Gasteiger partial charge in [0.15, 0.2) is 5.75 Å². The van der Waals surface area contributed by atoms with E-state index in [4.69, 9.17) is 5.11 Å². The van der Waals surface area contributed by atoms with E-state index in [1.165, 1.54) is 0 Å². The molecule has 7 nitrogen and oxygen atoms in total. The van der Waals surface area contributed by atoms with E-state index in [-0.39, 0.29) is 0 Å². The molecule has 2 aromatic rings. The summed E-state index contributed by atoms with van der Waals surface area (Å²) in [5.41, 5.74) is -0.815. The number of fused-ring (bicyclic) bond motifs is 1. The van der Waals surface area contributed by atoms with Gasteiger partial charge in [0.1, 0.15) is 12.1 Å². The SMILES string of the molecule is O=C(O)CNC(=O)c1c(O)c2sccc2[nH]c1=O. The predicted octanol–water partition coefficient (Wildman–Crippen LogP) is 0.110. The number of carboxylic acid groups (broad SMARTS) is 1. The average Bonchev–Trinajstić information content (AvgIpc) is 2.74. The lowest BCUT2D eigenvalue weighted by atomic mass is 10.2. The highest BCUT2D eigenvalue weighted by molar-refractivity contribution is 7.17. The van der Waals surface area contributed by atoms with Gasteiger partial charge in [-0.15, -0.1) is 11.3 Å². The lowest BCUT2D eigenvalue weighted by molar-refractivity contribution is -0.135. The molecular weight excluding hydrogens is 260 g/mol. The molecule has 0 unspecified atom stereocenters. The standard InChI is InChI=1S/C10H8N2O5S/c13-5(14)3-11-9(16)6-7(15)8-4(1-2-18-8)12-10(6)17/h1-2H,3H2,(H,11,16)(H,13,14)(H2,12,15,17). The Bertz CT molecular complexity index is 687. The summed E-state index contributed by atoms with van der Waals surface area (Å²) in [6.45, 7) is -0.625. The number of hydrogen-bond donors (Lipinski definition) is 4. The van der Waals surface area contributed by atoms with Crippen LogP contribution in [0.5, 0.6) is 5.75 Å². The molecular formula is C10H8N2O5S. The molecule has 8 heteroatoms. The van der Waals surface area contributed by atoms with Crippen molar-refractivity contribution < 1.29 is 19.8 Å². The third-order valence-electron chi connectivity index (χ3n) is 2.22. The molecule has 0 saturated carbocycles. The number of pyridine rings is 1. The van der Waals surface area contributed by atoms with Crippen molar-refractivity contribution in [2.24, 2.45) is 0 Å². The number of carboxylic acids is 1. The third-order valence-corrected chi connectivity index (χ3v) is 3.14. The second-order valence-corrected chi connectivity index (χ2v) is 4.33. The zero-order valence-corrected chi connectivity index (χ0v) is 9.71. The number of nitrogens with one attached hydrogen (secondary N) is 2. The van der Waals surface area contributed by atoms with Crippen molar-refractivity contribution in [2.45, 2.75) is 0 Å². The van der Waals surface area contributed by atoms with Gasteiger partial charge in [0.2, 0.25) is 0 Å². The van der Waals surface area contributed by atoms with Gasteiger partial charge < -0.3 is 20.5 Å². The highest BCUT2D eigenvalue weighted by Gasteiger charge is 2.19. The molecule has 0 aliphatic carbocycles. The summed E-state index contributed by atoms with van der Waals surface area (Å²) in [6, 6.07) is 1.60. The molecule has 0 spiro atoms. The Morgan fingerprint density at radius 1 is 1.44 bits per heavy atom. The number of aromatic nitrogens is 1. The van der Waals surface area contributed by atoms with Crippen molar-refractivity contribution in [3.8, 4) is 5.75 Å². The third kappa shape index (κ3) is 2.05. The van der Waals surface area contributed by atoms with Gasteiger partial charge in [0.05, 0.1) is 10.2 Å². The summed E-state index contributed by atoms with van der Waals surface area (Å²) in [6.07, 6.45) is 0. The summed E-state index contributed by atoms with van der Waals surface area (Å²) < 4.78 is 0.370. The van der Waals surface area contributed by atoms with Crippen LogP contribution in [0.3, 0.4) is 0 Å². The Balaban J connectivity index is 2.46. The number of carbonyl (C=O) groups excluding carboxylic acids is 1. The van der Waals surface area contributed by atoms with Gasteiger partial charge in [-0.05, 0) is 11.4 Å². The molecule has 0 saturated heterocycles. The minimum atomic E-state index is -1.24. The van der Waals surface area contributed by atoms with Crippen LogP contribution >= 0.6 is 11.3 Å². The number of amides is 1. The first-order valence-electron chi connectivity index (χ1n) is 4.83. The minimum absolute atomic E-state index is 0.370. The van der Waals surface area contributed by atoms with E-state index in [9.17, 15) is 19.5 Å². The van der Waals surface area contributed by atoms with Gasteiger partial charge in [-0.25, -0.2) is 0 Å². The van der Waals surface area contributed by atoms with Crippen LogP contribution in [0.4, 0.5) is 0 Å². The molecule has 0 fully saturated rings. The number of thiophene rings is 1. The number of carbonyl (C=O) groups is 2. The zero-order valence-electron chi connectivity index (χ0n) is 8.89. The molecule has 2 rings (SSSR count). The van der Waals surface area contributed by atoms with Crippen LogP contribution in [0, 0.1) is 0 Å². The van der Waals surface area contributed by atoms with E-state index >= 15 is 0 Å². The van der Waals surface area contributed by atoms with Gasteiger partial charge in [0.25, 0.3) is 11.5 Å². The van der Waals surface area contributed by atoms with Crippen LogP contribution in [0.2, 0.25) is 0 Å². The summed E-state index contributed by atoms with van der Waals surface area (Å²) >= 11 is 1.16. The van der Waals surface area contributed by atoms with Gasteiger partial charge in [0, 0.05) is 0 Å². The lowest BCUT2D eigenvalue weighted by Gasteiger charge is -2.04. The maximum absolute atomic E-state index is 11.6. The average molecular weight is 268 g/mol. The Hall–Kier alpha value is -2.35.